The van der Waals surface area contributed by atoms with Crippen molar-refractivity contribution in [3.05, 3.63) is 29.8 Å². The van der Waals surface area contributed by atoms with Gasteiger partial charge in [0.1, 0.15) is 0 Å². The van der Waals surface area contributed by atoms with Crippen molar-refractivity contribution in [2.24, 2.45) is 5.41 Å². The second kappa shape index (κ2) is 8.28. The molecule has 0 unspecified atom stereocenters. The van der Waals surface area contributed by atoms with E-state index in [0.717, 1.165) is 18.5 Å². The number of aliphatic hydroxyl groups is 1. The molecule has 0 aliphatic carbocycles. The standard InChI is InChI=1S/C16H23N3O2/c1-3-16(4-2,12-20)11-19-15(21)10-18-14-7-5-13(9-17)6-8-14/h5-8,18,20H,3-4,10-12H2,1-2H3,(H,19,21). The minimum Gasteiger partial charge on any atom is -0.396 e. The molecule has 5 nitrogen and oxygen atoms in total. The lowest BCUT2D eigenvalue weighted by Crippen LogP contribution is -2.41. The van der Waals surface area contributed by atoms with Crippen LogP contribution in [0.3, 0.4) is 0 Å². The quantitative estimate of drug-likeness (QED) is 0.682. The second-order valence-corrected chi connectivity index (χ2v) is 5.18. The van der Waals surface area contributed by atoms with Gasteiger partial charge in [0.2, 0.25) is 5.91 Å². The first kappa shape index (κ1) is 17.0. The maximum Gasteiger partial charge on any atom is 0.239 e. The number of aliphatic hydroxyl groups excluding tert-OH is 1. The monoisotopic (exact) mass is 289 g/mol. The van der Waals surface area contributed by atoms with E-state index in [1.807, 2.05) is 19.9 Å². The van der Waals surface area contributed by atoms with Crippen LogP contribution in [0.25, 0.3) is 0 Å². The Morgan fingerprint density at radius 2 is 1.90 bits per heavy atom. The highest BCUT2D eigenvalue weighted by atomic mass is 16.3. The molecule has 3 N–H and O–H groups in total. The number of carbonyl (C=O) groups excluding carboxylic acids is 1. The molecule has 0 aliphatic rings. The number of nitriles is 1. The molecule has 0 radical (unpaired) electrons. The van der Waals surface area contributed by atoms with Crippen molar-refractivity contribution in [1.29, 1.82) is 5.26 Å². The van der Waals surface area contributed by atoms with E-state index in [-0.39, 0.29) is 24.5 Å². The zero-order valence-corrected chi connectivity index (χ0v) is 12.6. The van der Waals surface area contributed by atoms with Crippen molar-refractivity contribution < 1.29 is 9.90 Å². The summed E-state index contributed by atoms with van der Waals surface area (Å²) in [5, 5.41) is 24.0. The van der Waals surface area contributed by atoms with Gasteiger partial charge in [0, 0.05) is 17.6 Å². The molecule has 0 saturated carbocycles. The maximum absolute atomic E-state index is 11.8. The lowest BCUT2D eigenvalue weighted by molar-refractivity contribution is -0.120. The first-order chi connectivity index (χ1) is 10.1. The number of hydrogen-bond donors (Lipinski definition) is 3. The fraction of sp³-hybridized carbons (Fsp3) is 0.500. The maximum atomic E-state index is 11.8. The number of benzene rings is 1. The van der Waals surface area contributed by atoms with E-state index in [4.69, 9.17) is 5.26 Å². The van der Waals surface area contributed by atoms with Crippen molar-refractivity contribution in [3.63, 3.8) is 0 Å². The third kappa shape index (κ3) is 5.09. The van der Waals surface area contributed by atoms with Gasteiger partial charge >= 0.3 is 0 Å². The third-order valence-corrected chi connectivity index (χ3v) is 3.96. The van der Waals surface area contributed by atoms with Crippen LogP contribution in [0.1, 0.15) is 32.3 Å². The summed E-state index contributed by atoms with van der Waals surface area (Å²) in [5.74, 6) is -0.112. The summed E-state index contributed by atoms with van der Waals surface area (Å²) in [6.07, 6.45) is 1.65. The molecular weight excluding hydrogens is 266 g/mol. The summed E-state index contributed by atoms with van der Waals surface area (Å²) in [6, 6.07) is 8.98. The van der Waals surface area contributed by atoms with E-state index in [2.05, 4.69) is 10.6 Å². The summed E-state index contributed by atoms with van der Waals surface area (Å²) in [7, 11) is 0. The molecule has 1 rings (SSSR count). The van der Waals surface area contributed by atoms with Crippen molar-refractivity contribution in [1.82, 2.24) is 5.32 Å². The molecule has 0 heterocycles. The average molecular weight is 289 g/mol. The first-order valence-corrected chi connectivity index (χ1v) is 7.20. The highest BCUT2D eigenvalue weighted by Gasteiger charge is 2.25. The molecule has 0 aromatic heterocycles. The number of anilines is 1. The van der Waals surface area contributed by atoms with Crippen LogP contribution >= 0.6 is 0 Å². The molecule has 1 amide bonds. The SMILES string of the molecule is CCC(CC)(CO)CNC(=O)CNc1ccc(C#N)cc1. The zero-order valence-electron chi connectivity index (χ0n) is 12.6. The molecule has 0 bridgehead atoms. The molecule has 0 aliphatic heterocycles. The van der Waals surface area contributed by atoms with Crippen LogP contribution in [0.15, 0.2) is 24.3 Å². The van der Waals surface area contributed by atoms with E-state index in [0.29, 0.717) is 12.1 Å². The molecule has 0 spiro atoms. The number of nitrogens with zero attached hydrogens (tertiary/aromatic N) is 1. The Morgan fingerprint density at radius 1 is 1.29 bits per heavy atom. The van der Waals surface area contributed by atoms with E-state index >= 15 is 0 Å². The van der Waals surface area contributed by atoms with Gasteiger partial charge in [0.25, 0.3) is 0 Å². The number of carbonyl (C=O) groups is 1. The molecule has 1 aromatic carbocycles. The summed E-state index contributed by atoms with van der Waals surface area (Å²) >= 11 is 0. The largest absolute Gasteiger partial charge is 0.396 e. The number of rotatable bonds is 8. The second-order valence-electron chi connectivity index (χ2n) is 5.18. The van der Waals surface area contributed by atoms with Gasteiger partial charge in [0.15, 0.2) is 0 Å². The zero-order chi connectivity index (χ0) is 15.7. The van der Waals surface area contributed by atoms with Crippen molar-refractivity contribution in [2.75, 3.05) is 25.0 Å². The van der Waals surface area contributed by atoms with Gasteiger partial charge in [-0.25, -0.2) is 0 Å². The summed E-state index contributed by atoms with van der Waals surface area (Å²) in [6.45, 7) is 4.75. The van der Waals surface area contributed by atoms with Gasteiger partial charge in [-0.1, -0.05) is 13.8 Å². The summed E-state index contributed by atoms with van der Waals surface area (Å²) < 4.78 is 0. The van der Waals surface area contributed by atoms with Gasteiger partial charge in [-0.3, -0.25) is 4.79 Å². The molecular formula is C16H23N3O2. The van der Waals surface area contributed by atoms with E-state index in [1.54, 1.807) is 24.3 Å². The van der Waals surface area contributed by atoms with Crippen molar-refractivity contribution >= 4 is 11.6 Å². The number of nitrogens with one attached hydrogen (secondary N) is 2. The van der Waals surface area contributed by atoms with Crippen LogP contribution in [0.2, 0.25) is 0 Å². The highest BCUT2D eigenvalue weighted by molar-refractivity contribution is 5.80. The van der Waals surface area contributed by atoms with E-state index < -0.39 is 0 Å². The minimum atomic E-state index is -0.232. The Bertz CT molecular complexity index is 479. The van der Waals surface area contributed by atoms with Crippen molar-refractivity contribution in [2.45, 2.75) is 26.7 Å². The normalized spacial score (nSPS) is 10.8. The van der Waals surface area contributed by atoms with Crippen molar-refractivity contribution in [3.8, 4) is 6.07 Å². The smallest absolute Gasteiger partial charge is 0.239 e. The predicted octanol–water partition coefficient (Wildman–Crippen LogP) is 1.89. The molecule has 21 heavy (non-hydrogen) atoms. The van der Waals surface area contributed by atoms with E-state index in [9.17, 15) is 9.90 Å². The minimum absolute atomic E-state index is 0.0727. The molecule has 0 saturated heterocycles. The van der Waals surface area contributed by atoms with Crippen LogP contribution < -0.4 is 10.6 Å². The number of amides is 1. The van der Waals surface area contributed by atoms with Crippen LogP contribution in [-0.2, 0) is 4.79 Å². The predicted molar refractivity (Wildman–Crippen MR) is 82.8 cm³/mol. The molecule has 1 aromatic rings. The van der Waals surface area contributed by atoms with E-state index in [1.165, 1.54) is 0 Å². The lowest BCUT2D eigenvalue weighted by Gasteiger charge is -2.29. The van der Waals surface area contributed by atoms with Crippen LogP contribution in [0.5, 0.6) is 0 Å². The lowest BCUT2D eigenvalue weighted by atomic mass is 9.83. The Kier molecular flexibility index (Phi) is 6.70. The summed E-state index contributed by atoms with van der Waals surface area (Å²) in [5.41, 5.74) is 1.15. The topological polar surface area (TPSA) is 85.2 Å². The van der Waals surface area contributed by atoms with Crippen LogP contribution in [0, 0.1) is 16.7 Å². The Morgan fingerprint density at radius 3 is 2.38 bits per heavy atom. The Balaban J connectivity index is 2.42. The van der Waals surface area contributed by atoms with Crippen LogP contribution in [0.4, 0.5) is 5.69 Å². The molecule has 114 valence electrons. The fourth-order valence-corrected chi connectivity index (χ4v) is 1.97. The van der Waals surface area contributed by atoms with Gasteiger partial charge in [-0.15, -0.1) is 0 Å². The first-order valence-electron chi connectivity index (χ1n) is 7.20. The Labute approximate surface area is 126 Å². The molecule has 5 heteroatoms. The van der Waals surface area contributed by atoms with Gasteiger partial charge in [-0.2, -0.15) is 5.26 Å². The van der Waals surface area contributed by atoms with Crippen LogP contribution in [-0.4, -0.2) is 30.7 Å². The number of hydrogen-bond acceptors (Lipinski definition) is 4. The van der Waals surface area contributed by atoms with Gasteiger partial charge in [-0.05, 0) is 37.1 Å². The third-order valence-electron chi connectivity index (χ3n) is 3.96. The molecule has 0 atom stereocenters. The van der Waals surface area contributed by atoms with Gasteiger partial charge < -0.3 is 15.7 Å². The Hall–Kier alpha value is -2.06. The molecule has 0 fully saturated rings. The fourth-order valence-electron chi connectivity index (χ4n) is 1.97. The van der Waals surface area contributed by atoms with Gasteiger partial charge in [0.05, 0.1) is 24.8 Å². The summed E-state index contributed by atoms with van der Waals surface area (Å²) in [4.78, 5) is 11.8. The highest BCUT2D eigenvalue weighted by Crippen LogP contribution is 2.24. The average Bonchev–Trinajstić information content (AvgIpc) is 2.55.